The molecule has 0 spiro atoms. The fourth-order valence-electron chi connectivity index (χ4n) is 2.36. The molecule has 2 aromatic heterocycles. The van der Waals surface area contributed by atoms with Gasteiger partial charge in [-0.1, -0.05) is 37.7 Å². The summed E-state index contributed by atoms with van der Waals surface area (Å²) in [5, 5.41) is 9.34. The molecule has 0 fully saturated rings. The number of nitrogens with zero attached hydrogens (tertiary/aromatic N) is 3. The van der Waals surface area contributed by atoms with E-state index in [0.717, 1.165) is 17.5 Å². The van der Waals surface area contributed by atoms with Crippen LogP contribution in [-0.4, -0.2) is 27.1 Å². The van der Waals surface area contributed by atoms with Crippen LogP contribution < -0.4 is 4.74 Å². The number of rotatable bonds is 8. The Balaban J connectivity index is 1.65. The van der Waals surface area contributed by atoms with Crippen LogP contribution in [0.15, 0.2) is 52.2 Å². The van der Waals surface area contributed by atoms with Crippen LogP contribution in [0.25, 0.3) is 11.6 Å². The molecule has 0 unspecified atom stereocenters. The molecule has 3 aromatic rings. The Hall–Kier alpha value is -2.28. The van der Waals surface area contributed by atoms with E-state index in [-0.39, 0.29) is 11.6 Å². The van der Waals surface area contributed by atoms with Crippen molar-refractivity contribution in [2.75, 3.05) is 12.4 Å². The number of halogens is 1. The standard InChI is InChI=1S/C18H20FN3O2S/c1-13(2)12-22-17(16-8-5-9-23-16)20-21-18(22)25-11-10-24-15-7-4-3-6-14(15)19/h3-9,13H,10-12H2,1-2H3. The van der Waals surface area contributed by atoms with E-state index >= 15 is 0 Å². The maximum Gasteiger partial charge on any atom is 0.200 e. The SMILES string of the molecule is CC(C)Cn1c(SCCOc2ccccc2F)nnc1-c1ccco1. The number of thioether (sulfide) groups is 1. The molecule has 7 heteroatoms. The number of benzene rings is 1. The van der Waals surface area contributed by atoms with Gasteiger partial charge in [-0.15, -0.1) is 10.2 Å². The third kappa shape index (κ3) is 4.42. The first-order chi connectivity index (χ1) is 12.1. The van der Waals surface area contributed by atoms with Gasteiger partial charge in [0, 0.05) is 12.3 Å². The summed E-state index contributed by atoms with van der Waals surface area (Å²) in [5.74, 6) is 2.42. The average Bonchev–Trinajstić information content (AvgIpc) is 3.23. The maximum atomic E-state index is 13.5. The molecule has 132 valence electrons. The van der Waals surface area contributed by atoms with Gasteiger partial charge in [-0.2, -0.15) is 0 Å². The third-order valence-electron chi connectivity index (χ3n) is 3.41. The number of aromatic nitrogens is 3. The normalized spacial score (nSPS) is 11.2. The molecule has 0 atom stereocenters. The molecule has 0 amide bonds. The Morgan fingerprint density at radius 3 is 2.76 bits per heavy atom. The average molecular weight is 361 g/mol. The van der Waals surface area contributed by atoms with E-state index < -0.39 is 0 Å². The lowest BCUT2D eigenvalue weighted by Crippen LogP contribution is -2.09. The summed E-state index contributed by atoms with van der Waals surface area (Å²) in [5.41, 5.74) is 0. The molecule has 25 heavy (non-hydrogen) atoms. The van der Waals surface area contributed by atoms with Crippen LogP contribution in [0.2, 0.25) is 0 Å². The predicted octanol–water partition coefficient (Wildman–Crippen LogP) is 4.50. The Morgan fingerprint density at radius 2 is 2.04 bits per heavy atom. The molecule has 2 heterocycles. The van der Waals surface area contributed by atoms with Crippen LogP contribution in [0, 0.1) is 11.7 Å². The minimum absolute atomic E-state index is 0.267. The highest BCUT2D eigenvalue weighted by molar-refractivity contribution is 7.99. The van der Waals surface area contributed by atoms with E-state index in [1.165, 1.54) is 17.8 Å². The molecule has 0 aliphatic carbocycles. The highest BCUT2D eigenvalue weighted by Gasteiger charge is 2.17. The molecule has 0 bridgehead atoms. The van der Waals surface area contributed by atoms with Gasteiger partial charge in [0.2, 0.25) is 0 Å². The van der Waals surface area contributed by atoms with Crippen molar-refractivity contribution < 1.29 is 13.5 Å². The molecule has 0 saturated carbocycles. The topological polar surface area (TPSA) is 53.1 Å². The van der Waals surface area contributed by atoms with Gasteiger partial charge in [-0.05, 0) is 30.2 Å². The van der Waals surface area contributed by atoms with Crippen LogP contribution in [-0.2, 0) is 6.54 Å². The van der Waals surface area contributed by atoms with Crippen LogP contribution in [0.1, 0.15) is 13.8 Å². The minimum atomic E-state index is -0.351. The summed E-state index contributed by atoms with van der Waals surface area (Å²) < 4.78 is 26.5. The molecular formula is C18H20FN3O2S. The second-order valence-electron chi connectivity index (χ2n) is 5.92. The second kappa shape index (κ2) is 8.20. The number of para-hydroxylation sites is 1. The summed E-state index contributed by atoms with van der Waals surface area (Å²) in [7, 11) is 0. The molecule has 0 radical (unpaired) electrons. The number of furan rings is 1. The van der Waals surface area contributed by atoms with Gasteiger partial charge >= 0.3 is 0 Å². The summed E-state index contributed by atoms with van der Waals surface area (Å²) in [6, 6.07) is 10.1. The van der Waals surface area contributed by atoms with Crippen molar-refractivity contribution in [1.29, 1.82) is 0 Å². The Kier molecular flexibility index (Phi) is 5.75. The first-order valence-electron chi connectivity index (χ1n) is 8.12. The van der Waals surface area contributed by atoms with Gasteiger partial charge in [-0.25, -0.2) is 4.39 Å². The molecule has 5 nitrogen and oxygen atoms in total. The molecule has 3 rings (SSSR count). The molecule has 0 N–H and O–H groups in total. The van der Waals surface area contributed by atoms with Crippen molar-refractivity contribution in [3.63, 3.8) is 0 Å². The van der Waals surface area contributed by atoms with Crippen LogP contribution in [0.3, 0.4) is 0 Å². The van der Waals surface area contributed by atoms with Crippen molar-refractivity contribution in [2.45, 2.75) is 25.5 Å². The van der Waals surface area contributed by atoms with E-state index in [0.29, 0.717) is 24.0 Å². The highest BCUT2D eigenvalue weighted by Crippen LogP contribution is 2.25. The summed E-state index contributed by atoms with van der Waals surface area (Å²) in [6.07, 6.45) is 1.62. The summed E-state index contributed by atoms with van der Waals surface area (Å²) in [4.78, 5) is 0. The monoisotopic (exact) mass is 361 g/mol. The van der Waals surface area contributed by atoms with Crippen molar-refractivity contribution in [3.8, 4) is 17.3 Å². The highest BCUT2D eigenvalue weighted by atomic mass is 32.2. The summed E-state index contributed by atoms with van der Waals surface area (Å²) >= 11 is 1.53. The van der Waals surface area contributed by atoms with Gasteiger partial charge in [0.15, 0.2) is 28.3 Å². The number of hydrogen-bond donors (Lipinski definition) is 0. The quantitative estimate of drug-likeness (QED) is 0.437. The van der Waals surface area contributed by atoms with Crippen LogP contribution >= 0.6 is 11.8 Å². The lowest BCUT2D eigenvalue weighted by atomic mass is 10.2. The van der Waals surface area contributed by atoms with Crippen molar-refractivity contribution in [2.24, 2.45) is 5.92 Å². The lowest BCUT2D eigenvalue weighted by molar-refractivity contribution is 0.324. The zero-order valence-corrected chi connectivity index (χ0v) is 15.0. The second-order valence-corrected chi connectivity index (χ2v) is 6.98. The molecular weight excluding hydrogens is 341 g/mol. The van der Waals surface area contributed by atoms with Crippen molar-refractivity contribution >= 4 is 11.8 Å². The van der Waals surface area contributed by atoms with E-state index in [4.69, 9.17) is 9.15 Å². The molecule has 0 aliphatic heterocycles. The van der Waals surface area contributed by atoms with Gasteiger partial charge in [-0.3, -0.25) is 4.57 Å². The minimum Gasteiger partial charge on any atom is -0.490 e. The molecule has 1 aromatic carbocycles. The van der Waals surface area contributed by atoms with E-state index in [1.807, 2.05) is 12.1 Å². The third-order valence-corrected chi connectivity index (χ3v) is 4.35. The van der Waals surface area contributed by atoms with Crippen LogP contribution in [0.5, 0.6) is 5.75 Å². The van der Waals surface area contributed by atoms with Crippen molar-refractivity contribution in [1.82, 2.24) is 14.8 Å². The smallest absolute Gasteiger partial charge is 0.200 e. The van der Waals surface area contributed by atoms with E-state index in [9.17, 15) is 4.39 Å². The van der Waals surface area contributed by atoms with E-state index in [1.54, 1.807) is 24.5 Å². The number of ether oxygens (including phenoxy) is 1. The Bertz CT molecular complexity index is 803. The molecule has 0 saturated heterocycles. The number of hydrogen-bond acceptors (Lipinski definition) is 5. The zero-order chi connectivity index (χ0) is 17.6. The fraction of sp³-hybridized carbons (Fsp3) is 0.333. The summed E-state index contributed by atoms with van der Waals surface area (Å²) in [6.45, 7) is 5.46. The Labute approximate surface area is 150 Å². The van der Waals surface area contributed by atoms with Gasteiger partial charge in [0.1, 0.15) is 0 Å². The first-order valence-corrected chi connectivity index (χ1v) is 9.11. The Morgan fingerprint density at radius 1 is 1.20 bits per heavy atom. The van der Waals surface area contributed by atoms with Crippen LogP contribution in [0.4, 0.5) is 4.39 Å². The van der Waals surface area contributed by atoms with Gasteiger partial charge in [0.25, 0.3) is 0 Å². The van der Waals surface area contributed by atoms with Gasteiger partial charge in [0.05, 0.1) is 12.9 Å². The fourth-order valence-corrected chi connectivity index (χ4v) is 3.12. The first kappa shape index (κ1) is 17.5. The molecule has 0 aliphatic rings. The van der Waals surface area contributed by atoms with Gasteiger partial charge < -0.3 is 9.15 Å². The lowest BCUT2D eigenvalue weighted by Gasteiger charge is -2.11. The maximum absolute atomic E-state index is 13.5. The largest absolute Gasteiger partial charge is 0.490 e. The van der Waals surface area contributed by atoms with Crippen molar-refractivity contribution in [3.05, 3.63) is 48.5 Å². The zero-order valence-electron chi connectivity index (χ0n) is 14.2. The van der Waals surface area contributed by atoms with E-state index in [2.05, 4.69) is 28.6 Å². The predicted molar refractivity (Wildman–Crippen MR) is 95.2 cm³/mol.